The van der Waals surface area contributed by atoms with Gasteiger partial charge in [-0.2, -0.15) is 0 Å². The Morgan fingerprint density at radius 3 is 1.39 bits per heavy atom. The van der Waals surface area contributed by atoms with Crippen LogP contribution < -0.4 is 0 Å². The Morgan fingerprint density at radius 2 is 1.06 bits per heavy atom. The van der Waals surface area contributed by atoms with Crippen LogP contribution in [0.5, 0.6) is 0 Å². The fourth-order valence-electron chi connectivity index (χ4n) is 3.69. The highest BCUT2D eigenvalue weighted by atomic mass is 35.5. The fourth-order valence-corrected chi connectivity index (χ4v) is 5.29. The van der Waals surface area contributed by atoms with Gasteiger partial charge < -0.3 is 0 Å². The third-order valence-electron chi connectivity index (χ3n) is 4.81. The second-order valence-corrected chi connectivity index (χ2v) is 8.33. The van der Waals surface area contributed by atoms with Crippen molar-refractivity contribution < 1.29 is 9.59 Å². The molecule has 0 heterocycles. The van der Waals surface area contributed by atoms with Gasteiger partial charge in [-0.15, -0.1) is 0 Å². The molecular formula is C12H12Cl4O2. The Labute approximate surface area is 125 Å². The quantitative estimate of drug-likeness (QED) is 0.637. The third-order valence-corrected chi connectivity index (χ3v) is 6.68. The van der Waals surface area contributed by atoms with Crippen LogP contribution >= 0.6 is 46.4 Å². The van der Waals surface area contributed by atoms with E-state index in [1.807, 2.05) is 0 Å². The number of rotatable bonds is 0. The summed E-state index contributed by atoms with van der Waals surface area (Å²) < 4.78 is -2.49. The average molecular weight is 330 g/mol. The molecule has 0 aromatic rings. The minimum atomic E-state index is -1.24. The summed E-state index contributed by atoms with van der Waals surface area (Å²) in [5.41, 5.74) is 0. The van der Waals surface area contributed by atoms with Crippen molar-refractivity contribution in [2.24, 2.45) is 23.7 Å². The molecule has 4 atom stereocenters. The minimum Gasteiger partial charge on any atom is -0.296 e. The molecule has 3 aliphatic rings. The van der Waals surface area contributed by atoms with Gasteiger partial charge in [0.05, 0.1) is 0 Å². The van der Waals surface area contributed by atoms with Gasteiger partial charge in [-0.25, -0.2) is 0 Å². The van der Waals surface area contributed by atoms with Crippen molar-refractivity contribution in [2.75, 3.05) is 0 Å². The Balaban J connectivity index is 1.78. The first kappa shape index (κ1) is 13.5. The number of Topliss-reactive ketones (excluding diaryl/α,β-unsaturated/α-hetero) is 2. The standard InChI is InChI=1S/C12H12Cl4O2/c13-11(14)7-3-4-8-6(10(18)12(8,15)16)2-1-5(7)9(11)17/h5-8H,1-4H2/t5-,6?,7+,8?/m0/s1. The Morgan fingerprint density at radius 1 is 0.722 bits per heavy atom. The highest BCUT2D eigenvalue weighted by molar-refractivity contribution is 6.61. The molecule has 2 nitrogen and oxygen atoms in total. The molecule has 0 saturated heterocycles. The van der Waals surface area contributed by atoms with Gasteiger partial charge in [-0.1, -0.05) is 46.4 Å². The summed E-state index contributed by atoms with van der Waals surface area (Å²) in [4.78, 5) is 23.6. The Bertz CT molecular complexity index is 392. The molecule has 3 aliphatic carbocycles. The zero-order valence-corrected chi connectivity index (χ0v) is 12.5. The topological polar surface area (TPSA) is 34.1 Å². The number of hydrogen-bond acceptors (Lipinski definition) is 2. The van der Waals surface area contributed by atoms with Gasteiger partial charge >= 0.3 is 0 Å². The van der Waals surface area contributed by atoms with Crippen molar-refractivity contribution in [3.8, 4) is 0 Å². The molecule has 0 amide bonds. The number of carbonyl (C=O) groups is 2. The molecule has 100 valence electrons. The van der Waals surface area contributed by atoms with Crippen molar-refractivity contribution in [3.63, 3.8) is 0 Å². The Kier molecular flexibility index (Phi) is 3.00. The number of fused-ring (bicyclic) bond motifs is 2. The van der Waals surface area contributed by atoms with Gasteiger partial charge in [0.1, 0.15) is 0 Å². The molecule has 3 rings (SSSR count). The fraction of sp³-hybridized carbons (Fsp3) is 0.833. The lowest BCUT2D eigenvalue weighted by molar-refractivity contribution is -0.144. The molecule has 18 heavy (non-hydrogen) atoms. The molecule has 3 saturated carbocycles. The van der Waals surface area contributed by atoms with Crippen molar-refractivity contribution in [1.29, 1.82) is 0 Å². The maximum absolute atomic E-state index is 11.8. The lowest BCUT2D eigenvalue weighted by atomic mass is 9.58. The first-order valence-electron chi connectivity index (χ1n) is 6.12. The summed E-state index contributed by atoms with van der Waals surface area (Å²) >= 11 is 24.2. The molecule has 2 unspecified atom stereocenters. The summed E-state index contributed by atoms with van der Waals surface area (Å²) in [5.74, 6) is -0.403. The summed E-state index contributed by atoms with van der Waals surface area (Å²) in [5, 5.41) is 0. The molecule has 0 bridgehead atoms. The maximum atomic E-state index is 11.8. The van der Waals surface area contributed by atoms with Crippen molar-refractivity contribution >= 4 is 58.0 Å². The second-order valence-electron chi connectivity index (χ2n) is 5.56. The van der Waals surface area contributed by atoms with Crippen LogP contribution in [-0.2, 0) is 9.59 Å². The number of hydrogen-bond donors (Lipinski definition) is 0. The van der Waals surface area contributed by atoms with Crippen molar-refractivity contribution in [1.82, 2.24) is 0 Å². The molecule has 0 aliphatic heterocycles. The zero-order chi connectivity index (χ0) is 13.3. The van der Waals surface area contributed by atoms with Crippen LogP contribution in [0.25, 0.3) is 0 Å². The number of alkyl halides is 4. The van der Waals surface area contributed by atoms with Crippen LogP contribution in [-0.4, -0.2) is 20.2 Å². The van der Waals surface area contributed by atoms with E-state index in [1.165, 1.54) is 0 Å². The normalized spacial score (nSPS) is 44.9. The van der Waals surface area contributed by atoms with Gasteiger partial charge in [0.2, 0.25) is 0 Å². The lowest BCUT2D eigenvalue weighted by Gasteiger charge is -2.53. The number of ketones is 2. The Hall–Kier alpha value is 0.500. The van der Waals surface area contributed by atoms with Crippen LogP contribution in [0.2, 0.25) is 0 Å². The molecule has 0 N–H and O–H groups in total. The van der Waals surface area contributed by atoms with Gasteiger partial charge in [-0.3, -0.25) is 9.59 Å². The molecule has 0 radical (unpaired) electrons. The van der Waals surface area contributed by atoms with Gasteiger partial charge in [0.25, 0.3) is 0 Å². The molecule has 0 aromatic heterocycles. The maximum Gasteiger partial charge on any atom is 0.179 e. The average Bonchev–Trinajstić information content (AvgIpc) is 2.28. The van der Waals surface area contributed by atoms with Crippen LogP contribution in [0.1, 0.15) is 25.7 Å². The third kappa shape index (κ3) is 1.55. The summed E-state index contributed by atoms with van der Waals surface area (Å²) in [6.07, 6.45) is 2.75. The van der Waals surface area contributed by atoms with E-state index in [1.54, 1.807) is 0 Å². The highest BCUT2D eigenvalue weighted by Gasteiger charge is 2.65. The van der Waals surface area contributed by atoms with Gasteiger partial charge in [-0.05, 0) is 25.7 Å². The first-order valence-corrected chi connectivity index (χ1v) is 7.63. The van der Waals surface area contributed by atoms with E-state index in [2.05, 4.69) is 0 Å². The summed E-state index contributed by atoms with van der Waals surface area (Å²) in [7, 11) is 0. The van der Waals surface area contributed by atoms with Gasteiger partial charge in [0.15, 0.2) is 20.2 Å². The van der Waals surface area contributed by atoms with Crippen LogP contribution in [0, 0.1) is 23.7 Å². The summed E-state index contributed by atoms with van der Waals surface area (Å²) in [6, 6.07) is 0. The smallest absolute Gasteiger partial charge is 0.179 e. The highest BCUT2D eigenvalue weighted by Crippen LogP contribution is 2.60. The largest absolute Gasteiger partial charge is 0.296 e. The number of carbonyl (C=O) groups excluding carboxylic acids is 2. The molecular weight excluding hydrogens is 318 g/mol. The lowest BCUT2D eigenvalue weighted by Crippen LogP contribution is -2.61. The summed E-state index contributed by atoms with van der Waals surface area (Å²) in [6.45, 7) is 0. The van der Waals surface area contributed by atoms with E-state index in [0.717, 1.165) is 0 Å². The van der Waals surface area contributed by atoms with E-state index in [9.17, 15) is 9.59 Å². The molecule has 6 heteroatoms. The molecule has 0 spiro atoms. The van der Waals surface area contributed by atoms with Crippen LogP contribution in [0.3, 0.4) is 0 Å². The van der Waals surface area contributed by atoms with Crippen molar-refractivity contribution in [2.45, 2.75) is 34.3 Å². The van der Waals surface area contributed by atoms with Crippen LogP contribution in [0.4, 0.5) is 0 Å². The minimum absolute atomic E-state index is 0.0193. The first-order chi connectivity index (χ1) is 8.28. The number of halogens is 4. The predicted octanol–water partition coefficient (Wildman–Crippen LogP) is 3.54. The van der Waals surface area contributed by atoms with E-state index in [0.29, 0.717) is 25.7 Å². The SMILES string of the molecule is O=C1C2CC[C@@H]3C(=O)C(Cl)(Cl)[C@@H]3CCC2C1(Cl)Cl. The monoisotopic (exact) mass is 328 g/mol. The molecule has 0 aromatic carbocycles. The van der Waals surface area contributed by atoms with E-state index in [-0.39, 0.29) is 35.2 Å². The second kappa shape index (κ2) is 4.00. The molecule has 3 fully saturated rings. The van der Waals surface area contributed by atoms with E-state index in [4.69, 9.17) is 46.4 Å². The van der Waals surface area contributed by atoms with Crippen LogP contribution in [0.15, 0.2) is 0 Å². The van der Waals surface area contributed by atoms with Gasteiger partial charge in [0, 0.05) is 23.7 Å². The van der Waals surface area contributed by atoms with E-state index >= 15 is 0 Å². The van der Waals surface area contributed by atoms with Crippen molar-refractivity contribution in [3.05, 3.63) is 0 Å². The van der Waals surface area contributed by atoms with E-state index < -0.39 is 8.67 Å². The predicted molar refractivity (Wildman–Crippen MR) is 71.3 cm³/mol. The zero-order valence-electron chi connectivity index (χ0n) is 9.47.